The van der Waals surface area contributed by atoms with Gasteiger partial charge in [-0.05, 0) is 12.1 Å². The molecule has 0 amide bonds. The number of aromatic nitrogens is 1. The molecule has 0 aliphatic carbocycles. The van der Waals surface area contributed by atoms with E-state index in [4.69, 9.17) is 0 Å². The molecule has 0 radical (unpaired) electrons. The molecule has 0 fully saturated rings. The van der Waals surface area contributed by atoms with Crippen molar-refractivity contribution in [1.29, 1.82) is 0 Å². The molecule has 1 aromatic heterocycles. The van der Waals surface area contributed by atoms with Gasteiger partial charge in [0.2, 0.25) is 5.75 Å². The van der Waals surface area contributed by atoms with Gasteiger partial charge in [0.25, 0.3) is 0 Å². The highest BCUT2D eigenvalue weighted by Gasteiger charge is 2.40. The summed E-state index contributed by atoms with van der Waals surface area (Å²) < 4.78 is 76.9. The molecule has 2 aromatic rings. The Labute approximate surface area is 121 Å². The van der Waals surface area contributed by atoms with Crippen LogP contribution in [0.25, 0.3) is 10.9 Å². The second kappa shape index (κ2) is 4.86. The molecule has 0 aliphatic rings. The molecule has 0 unspecified atom stereocenters. The van der Waals surface area contributed by atoms with Crippen LogP contribution in [0.15, 0.2) is 16.9 Å². The molecule has 0 saturated carbocycles. The van der Waals surface area contributed by atoms with Gasteiger partial charge in [-0.15, -0.1) is 0 Å². The Hall–Kier alpha value is -2.79. The number of hydrogen-bond acceptors (Lipinski definition) is 4. The lowest BCUT2D eigenvalue weighted by Crippen LogP contribution is -2.16. The van der Waals surface area contributed by atoms with E-state index in [1.165, 1.54) is 0 Å². The number of aromatic hydroxyl groups is 1. The lowest BCUT2D eigenvalue weighted by atomic mass is 10.0. The van der Waals surface area contributed by atoms with E-state index in [1.54, 1.807) is 4.98 Å². The van der Waals surface area contributed by atoms with Crippen LogP contribution in [0.3, 0.4) is 0 Å². The van der Waals surface area contributed by atoms with Crippen molar-refractivity contribution in [3.63, 3.8) is 0 Å². The lowest BCUT2D eigenvalue weighted by molar-refractivity contribution is -0.387. The maximum Gasteiger partial charge on any atom is 0.417 e. The smallest absolute Gasteiger partial charge is 0.417 e. The number of nitro groups is 1. The fourth-order valence-corrected chi connectivity index (χ4v) is 1.96. The van der Waals surface area contributed by atoms with E-state index in [0.717, 1.165) is 0 Å². The van der Waals surface area contributed by atoms with Crippen LogP contribution in [0.5, 0.6) is 5.75 Å². The Balaban J connectivity index is 3.07. The van der Waals surface area contributed by atoms with Gasteiger partial charge in [0.05, 0.1) is 27.0 Å². The van der Waals surface area contributed by atoms with Crippen LogP contribution < -0.4 is 5.56 Å². The van der Waals surface area contributed by atoms with Crippen LogP contribution in [-0.2, 0) is 12.4 Å². The number of pyridine rings is 1. The summed E-state index contributed by atoms with van der Waals surface area (Å²) in [5.41, 5.74) is -7.95. The van der Waals surface area contributed by atoms with Crippen LogP contribution in [0.4, 0.5) is 32.0 Å². The van der Waals surface area contributed by atoms with E-state index in [9.17, 15) is 46.4 Å². The average Bonchev–Trinajstić information content (AvgIpc) is 2.34. The summed E-state index contributed by atoms with van der Waals surface area (Å²) in [5, 5.41) is 18.9. The van der Waals surface area contributed by atoms with Gasteiger partial charge >= 0.3 is 23.6 Å². The molecule has 124 valence electrons. The number of aromatic amines is 1. The Morgan fingerprint density at radius 2 is 1.65 bits per heavy atom. The zero-order valence-corrected chi connectivity index (χ0v) is 10.5. The first kappa shape index (κ1) is 16.6. The molecule has 1 aromatic carbocycles. The highest BCUT2D eigenvalue weighted by molar-refractivity contribution is 5.92. The first-order valence-corrected chi connectivity index (χ1v) is 5.56. The van der Waals surface area contributed by atoms with E-state index in [0.29, 0.717) is 0 Å². The number of nitrogens with one attached hydrogen (secondary N) is 1. The number of hydrogen-bond donors (Lipinski definition) is 2. The zero-order valence-electron chi connectivity index (χ0n) is 10.5. The minimum atomic E-state index is -5.36. The van der Waals surface area contributed by atoms with Crippen LogP contribution in [0, 0.1) is 10.1 Å². The summed E-state index contributed by atoms with van der Waals surface area (Å²) >= 11 is 0. The van der Waals surface area contributed by atoms with Gasteiger partial charge in [-0.25, -0.2) is 0 Å². The molecule has 1 heterocycles. The summed E-state index contributed by atoms with van der Waals surface area (Å²) in [6.07, 6.45) is -10.5. The van der Waals surface area contributed by atoms with Crippen molar-refractivity contribution < 1.29 is 36.4 Å². The summed E-state index contributed by atoms with van der Waals surface area (Å²) in [4.78, 5) is 22.1. The second-order valence-corrected chi connectivity index (χ2v) is 4.35. The summed E-state index contributed by atoms with van der Waals surface area (Å²) in [5.74, 6) is -1.66. The van der Waals surface area contributed by atoms with Crippen LogP contribution in [0.1, 0.15) is 11.1 Å². The summed E-state index contributed by atoms with van der Waals surface area (Å²) in [7, 11) is 0. The molecule has 0 bridgehead atoms. The van der Waals surface area contributed by atoms with Gasteiger partial charge in [-0.3, -0.25) is 14.9 Å². The van der Waals surface area contributed by atoms with Crippen molar-refractivity contribution in [3.8, 4) is 5.75 Å². The maximum atomic E-state index is 13.0. The van der Waals surface area contributed by atoms with Gasteiger partial charge in [-0.1, -0.05) is 0 Å². The van der Waals surface area contributed by atoms with E-state index in [-0.39, 0.29) is 12.1 Å². The molecule has 2 rings (SSSR count). The quantitative estimate of drug-likeness (QED) is 0.473. The highest BCUT2D eigenvalue weighted by Crippen LogP contribution is 2.43. The number of halogens is 6. The molecule has 6 nitrogen and oxygen atoms in total. The van der Waals surface area contributed by atoms with Crippen molar-refractivity contribution in [1.82, 2.24) is 4.98 Å². The number of nitrogens with zero attached hydrogens (tertiary/aromatic N) is 1. The van der Waals surface area contributed by atoms with Gasteiger partial charge < -0.3 is 10.1 Å². The molecular weight excluding hydrogens is 338 g/mol. The predicted molar refractivity (Wildman–Crippen MR) is 62.9 cm³/mol. The van der Waals surface area contributed by atoms with Crippen LogP contribution >= 0.6 is 0 Å². The van der Waals surface area contributed by atoms with Crippen LogP contribution in [-0.4, -0.2) is 15.0 Å². The van der Waals surface area contributed by atoms with Gasteiger partial charge in [0.1, 0.15) is 0 Å². The Morgan fingerprint density at radius 3 is 2.09 bits per heavy atom. The topological polar surface area (TPSA) is 96.2 Å². The normalized spacial score (nSPS) is 12.6. The van der Waals surface area contributed by atoms with Crippen LogP contribution in [0.2, 0.25) is 0 Å². The van der Waals surface area contributed by atoms with E-state index < -0.39 is 56.3 Å². The Morgan fingerprint density at radius 1 is 1.09 bits per heavy atom. The SMILES string of the molecule is O=c1[nH]c2cc(C(F)(F)F)cc(C(F)(F)F)c2c(O)c1[N+](=O)[O-]. The van der Waals surface area contributed by atoms with E-state index in [1.807, 2.05) is 0 Å². The molecule has 0 saturated heterocycles. The predicted octanol–water partition coefficient (Wildman–Crippen LogP) is 3.18. The minimum Gasteiger partial charge on any atom is -0.501 e. The van der Waals surface area contributed by atoms with Crippen molar-refractivity contribution >= 4 is 16.6 Å². The zero-order chi connectivity index (χ0) is 17.7. The van der Waals surface area contributed by atoms with Crippen molar-refractivity contribution in [2.75, 3.05) is 0 Å². The van der Waals surface area contributed by atoms with E-state index >= 15 is 0 Å². The van der Waals surface area contributed by atoms with Gasteiger partial charge in [0.15, 0.2) is 0 Å². The van der Waals surface area contributed by atoms with Gasteiger partial charge in [-0.2, -0.15) is 26.3 Å². The molecule has 0 aliphatic heterocycles. The second-order valence-electron chi connectivity index (χ2n) is 4.35. The first-order valence-electron chi connectivity index (χ1n) is 5.56. The fourth-order valence-electron chi connectivity index (χ4n) is 1.96. The van der Waals surface area contributed by atoms with E-state index in [2.05, 4.69) is 0 Å². The number of rotatable bonds is 1. The molecule has 0 atom stereocenters. The number of H-pyrrole nitrogens is 1. The molecule has 23 heavy (non-hydrogen) atoms. The molecule has 12 heteroatoms. The number of fused-ring (bicyclic) bond motifs is 1. The number of benzene rings is 1. The fraction of sp³-hybridized carbons (Fsp3) is 0.182. The monoisotopic (exact) mass is 342 g/mol. The Kier molecular flexibility index (Phi) is 3.50. The van der Waals surface area contributed by atoms with Crippen molar-refractivity contribution in [2.24, 2.45) is 0 Å². The minimum absolute atomic E-state index is 0.148. The molecule has 2 N–H and O–H groups in total. The summed E-state index contributed by atoms with van der Waals surface area (Å²) in [6.45, 7) is 0. The van der Waals surface area contributed by atoms with Gasteiger partial charge in [0, 0.05) is 0 Å². The lowest BCUT2D eigenvalue weighted by Gasteiger charge is -2.15. The average molecular weight is 342 g/mol. The molecular formula is C11H4F6N2O4. The number of alkyl halides is 6. The standard InChI is InChI=1S/C11H4F6N2O4/c12-10(13,14)3-1-4(11(15,16)17)6-5(2-3)18-9(21)7(8(6)20)19(22)23/h1-2H,(H2,18,20,21). The largest absolute Gasteiger partial charge is 0.501 e. The maximum absolute atomic E-state index is 13.0. The first-order chi connectivity index (χ1) is 10.3. The highest BCUT2D eigenvalue weighted by atomic mass is 19.4. The third-order valence-corrected chi connectivity index (χ3v) is 2.88. The summed E-state index contributed by atoms with van der Waals surface area (Å²) in [6, 6.07) is -0.153. The van der Waals surface area contributed by atoms with Crippen molar-refractivity contribution in [2.45, 2.75) is 12.4 Å². The Bertz CT molecular complexity index is 868. The third-order valence-electron chi connectivity index (χ3n) is 2.88. The molecule has 0 spiro atoms. The van der Waals surface area contributed by atoms with Crippen molar-refractivity contribution in [3.05, 3.63) is 43.7 Å². The third kappa shape index (κ3) is 2.78.